The van der Waals surface area contributed by atoms with Crippen molar-refractivity contribution in [2.75, 3.05) is 18.1 Å². The van der Waals surface area contributed by atoms with Crippen LogP contribution in [0.15, 0.2) is 24.3 Å². The van der Waals surface area contributed by atoms with Crippen molar-refractivity contribution in [2.45, 2.75) is 18.9 Å². The molecule has 104 valence electrons. The first-order chi connectivity index (χ1) is 8.94. The molecular weight excluding hydrogens is 266 g/mol. The first-order valence-corrected chi connectivity index (χ1v) is 8.00. The number of carbonyl (C=O) groups is 1. The first kappa shape index (κ1) is 14.0. The number of sulfone groups is 1. The highest BCUT2D eigenvalue weighted by molar-refractivity contribution is 7.91. The number of benzene rings is 1. The SMILES string of the molecule is O=C(Cc1ccc(O)cc1)CC1CS(=O)(=O)CCN1. The van der Waals surface area contributed by atoms with Gasteiger partial charge in [-0.15, -0.1) is 0 Å². The summed E-state index contributed by atoms with van der Waals surface area (Å²) in [6, 6.07) is 6.18. The summed E-state index contributed by atoms with van der Waals surface area (Å²) < 4.78 is 22.9. The highest BCUT2D eigenvalue weighted by atomic mass is 32.2. The molecule has 5 nitrogen and oxygen atoms in total. The van der Waals surface area contributed by atoms with Gasteiger partial charge in [0.05, 0.1) is 11.5 Å². The molecule has 0 amide bonds. The molecule has 0 bridgehead atoms. The van der Waals surface area contributed by atoms with Gasteiger partial charge >= 0.3 is 0 Å². The summed E-state index contributed by atoms with van der Waals surface area (Å²) >= 11 is 0. The zero-order valence-electron chi connectivity index (χ0n) is 10.5. The molecule has 19 heavy (non-hydrogen) atoms. The van der Waals surface area contributed by atoms with E-state index in [1.54, 1.807) is 12.1 Å². The number of phenols is 1. The lowest BCUT2D eigenvalue weighted by molar-refractivity contribution is -0.118. The molecule has 1 heterocycles. The fourth-order valence-electron chi connectivity index (χ4n) is 2.19. The number of hydrogen-bond donors (Lipinski definition) is 2. The highest BCUT2D eigenvalue weighted by Gasteiger charge is 2.25. The topological polar surface area (TPSA) is 83.5 Å². The number of nitrogens with one attached hydrogen (secondary N) is 1. The fraction of sp³-hybridized carbons (Fsp3) is 0.462. The molecule has 1 aliphatic rings. The molecule has 0 saturated carbocycles. The van der Waals surface area contributed by atoms with E-state index in [1.807, 2.05) is 0 Å². The van der Waals surface area contributed by atoms with Crippen LogP contribution in [0, 0.1) is 0 Å². The van der Waals surface area contributed by atoms with Gasteiger partial charge in [0.25, 0.3) is 0 Å². The van der Waals surface area contributed by atoms with Crippen LogP contribution in [0.25, 0.3) is 0 Å². The Kier molecular flexibility index (Phi) is 4.21. The molecular formula is C13H17NO4S. The molecule has 6 heteroatoms. The molecule has 1 fully saturated rings. The third-order valence-corrected chi connectivity index (χ3v) is 4.85. The number of aromatic hydroxyl groups is 1. The van der Waals surface area contributed by atoms with E-state index >= 15 is 0 Å². The summed E-state index contributed by atoms with van der Waals surface area (Å²) in [5, 5.41) is 12.2. The Morgan fingerprint density at radius 1 is 1.32 bits per heavy atom. The Labute approximate surface area is 112 Å². The van der Waals surface area contributed by atoms with Crippen LogP contribution in [0.5, 0.6) is 5.75 Å². The summed E-state index contributed by atoms with van der Waals surface area (Å²) in [6.45, 7) is 0.416. The average molecular weight is 283 g/mol. The summed E-state index contributed by atoms with van der Waals surface area (Å²) in [5.74, 6) is 0.348. The zero-order chi connectivity index (χ0) is 13.9. The second-order valence-corrected chi connectivity index (χ2v) is 7.08. The monoisotopic (exact) mass is 283 g/mol. The van der Waals surface area contributed by atoms with E-state index in [0.29, 0.717) is 6.54 Å². The standard InChI is InChI=1S/C13H17NO4S/c15-12-3-1-10(2-4-12)7-13(16)8-11-9-19(17,18)6-5-14-11/h1-4,11,14-15H,5-9H2. The number of rotatable bonds is 4. The van der Waals surface area contributed by atoms with Crippen molar-refractivity contribution in [1.29, 1.82) is 0 Å². The van der Waals surface area contributed by atoms with E-state index in [4.69, 9.17) is 5.11 Å². The van der Waals surface area contributed by atoms with E-state index in [0.717, 1.165) is 5.56 Å². The van der Waals surface area contributed by atoms with Crippen molar-refractivity contribution < 1.29 is 18.3 Å². The molecule has 2 N–H and O–H groups in total. The predicted molar refractivity (Wildman–Crippen MR) is 71.9 cm³/mol. The van der Waals surface area contributed by atoms with Crippen molar-refractivity contribution in [1.82, 2.24) is 5.32 Å². The number of hydrogen-bond acceptors (Lipinski definition) is 5. The third kappa shape index (κ3) is 4.33. The van der Waals surface area contributed by atoms with Gasteiger partial charge in [-0.05, 0) is 17.7 Å². The van der Waals surface area contributed by atoms with Gasteiger partial charge in [-0.2, -0.15) is 0 Å². The minimum atomic E-state index is -3.00. The molecule has 0 aliphatic carbocycles. The Hall–Kier alpha value is -1.40. The Morgan fingerprint density at radius 2 is 2.00 bits per heavy atom. The number of ketones is 1. The molecule has 2 rings (SSSR count). The minimum Gasteiger partial charge on any atom is -0.508 e. The smallest absolute Gasteiger partial charge is 0.153 e. The molecule has 0 spiro atoms. The van der Waals surface area contributed by atoms with E-state index in [-0.39, 0.29) is 41.9 Å². The van der Waals surface area contributed by atoms with Crippen molar-refractivity contribution in [3.05, 3.63) is 29.8 Å². The van der Waals surface area contributed by atoms with Crippen LogP contribution in [-0.2, 0) is 21.1 Å². The lowest BCUT2D eigenvalue weighted by Crippen LogP contribution is -2.46. The van der Waals surface area contributed by atoms with Crippen molar-refractivity contribution in [3.8, 4) is 5.75 Å². The summed E-state index contributed by atoms with van der Waals surface area (Å²) in [6.07, 6.45) is 0.485. The lowest BCUT2D eigenvalue weighted by atomic mass is 10.0. The number of phenolic OH excluding ortho intramolecular Hbond substituents is 1. The predicted octanol–water partition coefficient (Wildman–Crippen LogP) is 0.281. The average Bonchev–Trinajstić information content (AvgIpc) is 2.30. The normalized spacial score (nSPS) is 22.0. The van der Waals surface area contributed by atoms with Crippen LogP contribution >= 0.6 is 0 Å². The molecule has 1 aromatic carbocycles. The number of Topliss-reactive ketones (excluding diaryl/α,β-unsaturated/α-hetero) is 1. The van der Waals surface area contributed by atoms with Gasteiger partial charge in [0.2, 0.25) is 0 Å². The molecule has 0 radical (unpaired) electrons. The summed E-state index contributed by atoms with van der Waals surface area (Å²) in [5.41, 5.74) is 0.821. The Balaban J connectivity index is 1.89. The number of carbonyl (C=O) groups excluding carboxylic acids is 1. The van der Waals surface area contributed by atoms with E-state index < -0.39 is 9.84 Å². The van der Waals surface area contributed by atoms with Gasteiger partial charge in [-0.3, -0.25) is 4.79 Å². The molecule has 1 saturated heterocycles. The Bertz CT molecular complexity index is 551. The molecule has 1 atom stereocenters. The van der Waals surface area contributed by atoms with E-state index in [2.05, 4.69) is 5.32 Å². The highest BCUT2D eigenvalue weighted by Crippen LogP contribution is 2.12. The zero-order valence-corrected chi connectivity index (χ0v) is 11.3. The van der Waals surface area contributed by atoms with Crippen molar-refractivity contribution in [2.24, 2.45) is 0 Å². The molecule has 1 unspecified atom stereocenters. The molecule has 1 aromatic rings. The van der Waals surface area contributed by atoms with Crippen LogP contribution in [0.2, 0.25) is 0 Å². The minimum absolute atomic E-state index is 0.000268. The second-order valence-electron chi connectivity index (χ2n) is 4.85. The lowest BCUT2D eigenvalue weighted by Gasteiger charge is -2.22. The van der Waals surface area contributed by atoms with Gasteiger partial charge in [0.15, 0.2) is 9.84 Å². The quantitative estimate of drug-likeness (QED) is 0.829. The van der Waals surface area contributed by atoms with Crippen LogP contribution in [-0.4, -0.2) is 43.4 Å². The maximum atomic E-state index is 11.9. The fourth-order valence-corrected chi connectivity index (χ4v) is 3.63. The maximum Gasteiger partial charge on any atom is 0.153 e. The van der Waals surface area contributed by atoms with E-state index in [9.17, 15) is 13.2 Å². The van der Waals surface area contributed by atoms with Gasteiger partial charge in [-0.25, -0.2) is 8.42 Å². The largest absolute Gasteiger partial charge is 0.508 e. The van der Waals surface area contributed by atoms with Gasteiger partial charge in [-0.1, -0.05) is 12.1 Å². The first-order valence-electron chi connectivity index (χ1n) is 6.18. The molecule has 0 aromatic heterocycles. The van der Waals surface area contributed by atoms with Crippen molar-refractivity contribution in [3.63, 3.8) is 0 Å². The van der Waals surface area contributed by atoms with Crippen LogP contribution < -0.4 is 5.32 Å². The van der Waals surface area contributed by atoms with Crippen LogP contribution in [0.3, 0.4) is 0 Å². The van der Waals surface area contributed by atoms with E-state index in [1.165, 1.54) is 12.1 Å². The van der Waals surface area contributed by atoms with Crippen molar-refractivity contribution >= 4 is 15.6 Å². The third-order valence-electron chi connectivity index (χ3n) is 3.11. The van der Waals surface area contributed by atoms with Gasteiger partial charge in [0.1, 0.15) is 11.5 Å². The van der Waals surface area contributed by atoms with Gasteiger partial charge < -0.3 is 10.4 Å². The maximum absolute atomic E-state index is 11.9. The molecule has 1 aliphatic heterocycles. The Morgan fingerprint density at radius 3 is 2.63 bits per heavy atom. The van der Waals surface area contributed by atoms with Crippen LogP contribution in [0.1, 0.15) is 12.0 Å². The van der Waals surface area contributed by atoms with Crippen LogP contribution in [0.4, 0.5) is 0 Å². The summed E-state index contributed by atoms with van der Waals surface area (Å²) in [4.78, 5) is 11.9. The summed E-state index contributed by atoms with van der Waals surface area (Å²) in [7, 11) is -3.00. The van der Waals surface area contributed by atoms with Gasteiger partial charge in [0, 0.05) is 25.4 Å². The second kappa shape index (κ2) is 5.71.